The van der Waals surface area contributed by atoms with E-state index in [0.717, 1.165) is 12.1 Å². The van der Waals surface area contributed by atoms with Gasteiger partial charge in [0, 0.05) is 18.3 Å². The highest BCUT2D eigenvalue weighted by Crippen LogP contribution is 2.25. The number of pyridine rings is 1. The lowest BCUT2D eigenvalue weighted by molar-refractivity contribution is 0.0998. The van der Waals surface area contributed by atoms with Crippen LogP contribution in [0.3, 0.4) is 0 Å². The molecule has 0 atom stereocenters. The van der Waals surface area contributed by atoms with Crippen LogP contribution in [-0.4, -0.2) is 17.4 Å². The maximum Gasteiger partial charge on any atom is 0.252 e. The van der Waals surface area contributed by atoms with Crippen molar-refractivity contribution in [3.05, 3.63) is 53.7 Å². The Balaban J connectivity index is 2.28. The first-order valence-corrected chi connectivity index (χ1v) is 6.43. The molecule has 0 aliphatic rings. The molecule has 0 unspecified atom stereocenters. The molecule has 0 fully saturated rings. The highest BCUT2D eigenvalue weighted by Gasteiger charge is 2.12. The topological polar surface area (TPSA) is 77.2 Å². The summed E-state index contributed by atoms with van der Waals surface area (Å²) in [6.45, 7) is 3.53. The van der Waals surface area contributed by atoms with Crippen LogP contribution >= 0.6 is 0 Å². The minimum atomic E-state index is -0.523. The average Bonchev–Trinajstić information content (AvgIpc) is 2.47. The maximum absolute atomic E-state index is 11.4. The predicted molar refractivity (Wildman–Crippen MR) is 76.7 cm³/mol. The SMILES string of the molecule is CCNCc1cccnc1Oc1ccccc1C(N)=O. The zero-order chi connectivity index (χ0) is 14.4. The van der Waals surface area contributed by atoms with Crippen molar-refractivity contribution in [3.63, 3.8) is 0 Å². The van der Waals surface area contributed by atoms with E-state index in [1.807, 2.05) is 19.1 Å². The van der Waals surface area contributed by atoms with Crippen LogP contribution in [0.25, 0.3) is 0 Å². The summed E-state index contributed by atoms with van der Waals surface area (Å²) in [4.78, 5) is 15.6. The van der Waals surface area contributed by atoms with Gasteiger partial charge in [0.05, 0.1) is 5.56 Å². The molecular formula is C15H17N3O2. The van der Waals surface area contributed by atoms with E-state index in [0.29, 0.717) is 23.7 Å². The Hall–Kier alpha value is -2.40. The Kier molecular flexibility index (Phi) is 4.68. The number of ether oxygens (including phenoxy) is 1. The van der Waals surface area contributed by atoms with Crippen LogP contribution in [0.2, 0.25) is 0 Å². The summed E-state index contributed by atoms with van der Waals surface area (Å²) in [5.41, 5.74) is 6.60. The molecular weight excluding hydrogens is 254 g/mol. The van der Waals surface area contributed by atoms with E-state index in [1.54, 1.807) is 30.5 Å². The first-order chi connectivity index (χ1) is 9.72. The summed E-state index contributed by atoms with van der Waals surface area (Å²) in [6, 6.07) is 10.6. The first kappa shape index (κ1) is 14.0. The molecule has 0 saturated heterocycles. The molecule has 2 aromatic rings. The Labute approximate surface area is 117 Å². The highest BCUT2D eigenvalue weighted by molar-refractivity contribution is 5.95. The highest BCUT2D eigenvalue weighted by atomic mass is 16.5. The van der Waals surface area contributed by atoms with Gasteiger partial charge in [0.15, 0.2) is 0 Å². The molecule has 5 heteroatoms. The normalized spacial score (nSPS) is 10.2. The van der Waals surface area contributed by atoms with Gasteiger partial charge >= 0.3 is 0 Å². The van der Waals surface area contributed by atoms with Crippen LogP contribution in [0, 0.1) is 0 Å². The molecule has 5 nitrogen and oxygen atoms in total. The second kappa shape index (κ2) is 6.68. The monoisotopic (exact) mass is 271 g/mol. The number of nitrogens with one attached hydrogen (secondary N) is 1. The van der Waals surface area contributed by atoms with Crippen molar-refractivity contribution in [1.29, 1.82) is 0 Å². The number of benzene rings is 1. The van der Waals surface area contributed by atoms with E-state index in [1.165, 1.54) is 0 Å². The third-order valence-corrected chi connectivity index (χ3v) is 2.77. The van der Waals surface area contributed by atoms with Crippen molar-refractivity contribution in [2.75, 3.05) is 6.54 Å². The summed E-state index contributed by atoms with van der Waals surface area (Å²) in [7, 11) is 0. The number of hydrogen-bond acceptors (Lipinski definition) is 4. The van der Waals surface area contributed by atoms with Gasteiger partial charge in [-0.05, 0) is 24.7 Å². The van der Waals surface area contributed by atoms with E-state index in [4.69, 9.17) is 10.5 Å². The second-order valence-corrected chi connectivity index (χ2v) is 4.21. The average molecular weight is 271 g/mol. The molecule has 2 rings (SSSR count). The lowest BCUT2D eigenvalue weighted by atomic mass is 10.2. The first-order valence-electron chi connectivity index (χ1n) is 6.43. The molecule has 20 heavy (non-hydrogen) atoms. The number of rotatable bonds is 6. The number of carbonyl (C=O) groups excluding carboxylic acids is 1. The molecule has 0 aliphatic heterocycles. The number of amides is 1. The van der Waals surface area contributed by atoms with Gasteiger partial charge in [0.25, 0.3) is 5.91 Å². The van der Waals surface area contributed by atoms with Crippen molar-refractivity contribution in [1.82, 2.24) is 10.3 Å². The number of hydrogen-bond donors (Lipinski definition) is 2. The zero-order valence-corrected chi connectivity index (χ0v) is 11.3. The number of aromatic nitrogens is 1. The largest absolute Gasteiger partial charge is 0.438 e. The minimum absolute atomic E-state index is 0.340. The summed E-state index contributed by atoms with van der Waals surface area (Å²) < 4.78 is 5.75. The second-order valence-electron chi connectivity index (χ2n) is 4.21. The molecule has 0 saturated carbocycles. The number of nitrogens with zero attached hydrogens (tertiary/aromatic N) is 1. The molecule has 0 radical (unpaired) electrons. The van der Waals surface area contributed by atoms with Crippen LogP contribution in [0.1, 0.15) is 22.8 Å². The fourth-order valence-corrected chi connectivity index (χ4v) is 1.77. The molecule has 0 bridgehead atoms. The van der Waals surface area contributed by atoms with Gasteiger partial charge in [-0.1, -0.05) is 25.1 Å². The molecule has 1 heterocycles. The molecule has 104 valence electrons. The van der Waals surface area contributed by atoms with Crippen LogP contribution in [-0.2, 0) is 6.54 Å². The van der Waals surface area contributed by atoms with Gasteiger partial charge in [-0.15, -0.1) is 0 Å². The van der Waals surface area contributed by atoms with E-state index in [9.17, 15) is 4.79 Å². The maximum atomic E-state index is 11.4. The lowest BCUT2D eigenvalue weighted by Gasteiger charge is -2.11. The minimum Gasteiger partial charge on any atom is -0.438 e. The van der Waals surface area contributed by atoms with Gasteiger partial charge in [-0.25, -0.2) is 4.98 Å². The standard InChI is InChI=1S/C15H17N3O2/c1-2-17-10-11-6-5-9-18-15(11)20-13-8-4-3-7-12(13)14(16)19/h3-9,17H,2,10H2,1H3,(H2,16,19). The van der Waals surface area contributed by atoms with Crippen molar-refractivity contribution in [2.24, 2.45) is 5.73 Å². The van der Waals surface area contributed by atoms with Crippen molar-refractivity contribution in [3.8, 4) is 11.6 Å². The van der Waals surface area contributed by atoms with E-state index in [-0.39, 0.29) is 0 Å². The fourth-order valence-electron chi connectivity index (χ4n) is 1.77. The van der Waals surface area contributed by atoms with E-state index in [2.05, 4.69) is 10.3 Å². The summed E-state index contributed by atoms with van der Waals surface area (Å²) in [6.07, 6.45) is 1.65. The molecule has 3 N–H and O–H groups in total. The number of para-hydroxylation sites is 1. The summed E-state index contributed by atoms with van der Waals surface area (Å²) in [5.74, 6) is 0.364. The van der Waals surface area contributed by atoms with Crippen LogP contribution in [0.4, 0.5) is 0 Å². The summed E-state index contributed by atoms with van der Waals surface area (Å²) >= 11 is 0. The predicted octanol–water partition coefficient (Wildman–Crippen LogP) is 2.08. The smallest absolute Gasteiger partial charge is 0.252 e. The number of carbonyl (C=O) groups is 1. The molecule has 1 aromatic heterocycles. The Morgan fingerprint density at radius 3 is 2.85 bits per heavy atom. The fraction of sp³-hybridized carbons (Fsp3) is 0.200. The van der Waals surface area contributed by atoms with Crippen LogP contribution in [0.15, 0.2) is 42.6 Å². The van der Waals surface area contributed by atoms with Gasteiger partial charge < -0.3 is 15.8 Å². The number of nitrogens with two attached hydrogens (primary N) is 1. The third-order valence-electron chi connectivity index (χ3n) is 2.77. The van der Waals surface area contributed by atoms with Crippen molar-refractivity contribution < 1.29 is 9.53 Å². The van der Waals surface area contributed by atoms with E-state index < -0.39 is 5.91 Å². The van der Waals surface area contributed by atoms with Crippen LogP contribution in [0.5, 0.6) is 11.6 Å². The molecule has 1 aromatic carbocycles. The lowest BCUT2D eigenvalue weighted by Crippen LogP contribution is -2.14. The quantitative estimate of drug-likeness (QED) is 0.843. The molecule has 0 aliphatic carbocycles. The molecule has 1 amide bonds. The van der Waals surface area contributed by atoms with E-state index >= 15 is 0 Å². The van der Waals surface area contributed by atoms with Crippen molar-refractivity contribution >= 4 is 5.91 Å². The third kappa shape index (κ3) is 3.33. The Bertz CT molecular complexity index is 599. The van der Waals surface area contributed by atoms with Crippen LogP contribution < -0.4 is 15.8 Å². The van der Waals surface area contributed by atoms with Gasteiger partial charge in [-0.2, -0.15) is 0 Å². The Morgan fingerprint density at radius 2 is 2.10 bits per heavy atom. The van der Waals surface area contributed by atoms with Crippen molar-refractivity contribution in [2.45, 2.75) is 13.5 Å². The van der Waals surface area contributed by atoms with Gasteiger partial charge in [-0.3, -0.25) is 4.79 Å². The summed E-state index contributed by atoms with van der Waals surface area (Å²) in [5, 5.41) is 3.22. The molecule has 0 spiro atoms. The number of primary amides is 1. The van der Waals surface area contributed by atoms with Gasteiger partial charge in [0.2, 0.25) is 5.88 Å². The Morgan fingerprint density at radius 1 is 1.30 bits per heavy atom. The zero-order valence-electron chi connectivity index (χ0n) is 11.3. The van der Waals surface area contributed by atoms with Gasteiger partial charge in [0.1, 0.15) is 5.75 Å².